The van der Waals surface area contributed by atoms with Crippen molar-refractivity contribution in [1.29, 1.82) is 0 Å². The van der Waals surface area contributed by atoms with Gasteiger partial charge in [-0.25, -0.2) is 0 Å². The van der Waals surface area contributed by atoms with E-state index in [1.165, 1.54) is 69.2 Å². The molecular formula is C17H31NS. The average Bonchev–Trinajstić information content (AvgIpc) is 2.94. The second-order valence-electron chi connectivity index (χ2n) is 5.43. The molecule has 0 spiro atoms. The van der Waals surface area contributed by atoms with E-state index in [9.17, 15) is 0 Å². The van der Waals surface area contributed by atoms with Gasteiger partial charge < -0.3 is 5.32 Å². The van der Waals surface area contributed by atoms with Crippen LogP contribution in [-0.2, 0) is 0 Å². The predicted molar refractivity (Wildman–Crippen MR) is 88.0 cm³/mol. The Bertz CT molecular complexity index is 281. The lowest BCUT2D eigenvalue weighted by Gasteiger charge is -2.16. The van der Waals surface area contributed by atoms with Crippen molar-refractivity contribution in [3.63, 3.8) is 0 Å². The minimum atomic E-state index is 0.588. The third kappa shape index (κ3) is 7.74. The van der Waals surface area contributed by atoms with Crippen molar-refractivity contribution in [3.05, 3.63) is 22.4 Å². The van der Waals surface area contributed by atoms with Crippen molar-refractivity contribution in [2.75, 3.05) is 6.54 Å². The van der Waals surface area contributed by atoms with Crippen LogP contribution in [0.2, 0.25) is 0 Å². The maximum atomic E-state index is 3.74. The lowest BCUT2D eigenvalue weighted by atomic mass is 10.1. The summed E-state index contributed by atoms with van der Waals surface area (Å²) in [5, 5.41) is 5.92. The lowest BCUT2D eigenvalue weighted by Crippen LogP contribution is -2.21. The van der Waals surface area contributed by atoms with Gasteiger partial charge >= 0.3 is 0 Å². The molecule has 1 rings (SSSR count). The molecule has 110 valence electrons. The van der Waals surface area contributed by atoms with E-state index in [0.717, 1.165) is 0 Å². The molecule has 0 saturated heterocycles. The van der Waals surface area contributed by atoms with Gasteiger partial charge in [0.15, 0.2) is 0 Å². The Morgan fingerprint density at radius 3 is 2.37 bits per heavy atom. The van der Waals surface area contributed by atoms with Gasteiger partial charge in [-0.2, -0.15) is 0 Å². The minimum absolute atomic E-state index is 0.588. The topological polar surface area (TPSA) is 12.0 Å². The fraction of sp³-hybridized carbons (Fsp3) is 0.765. The predicted octanol–water partition coefficient (Wildman–Crippen LogP) is 5.93. The van der Waals surface area contributed by atoms with Crippen molar-refractivity contribution in [3.8, 4) is 0 Å². The molecule has 1 atom stereocenters. The minimum Gasteiger partial charge on any atom is -0.309 e. The second kappa shape index (κ2) is 11.5. The Morgan fingerprint density at radius 2 is 1.74 bits per heavy atom. The molecule has 0 aliphatic carbocycles. The first-order valence-electron chi connectivity index (χ1n) is 8.15. The Morgan fingerprint density at radius 1 is 1.00 bits per heavy atom. The molecule has 1 N–H and O–H groups in total. The van der Waals surface area contributed by atoms with Gasteiger partial charge in [0, 0.05) is 10.9 Å². The number of unbranched alkanes of at least 4 members (excludes halogenated alkanes) is 6. The van der Waals surface area contributed by atoms with E-state index in [4.69, 9.17) is 0 Å². The lowest BCUT2D eigenvalue weighted by molar-refractivity contribution is 0.479. The molecule has 0 aliphatic rings. The molecule has 0 aromatic carbocycles. The first-order valence-corrected chi connectivity index (χ1v) is 9.03. The molecule has 1 heterocycles. The van der Waals surface area contributed by atoms with Crippen molar-refractivity contribution < 1.29 is 0 Å². The van der Waals surface area contributed by atoms with E-state index in [0.29, 0.717) is 6.04 Å². The summed E-state index contributed by atoms with van der Waals surface area (Å²) in [6, 6.07) is 5.02. The largest absolute Gasteiger partial charge is 0.309 e. The molecule has 0 bridgehead atoms. The number of hydrogen-bond donors (Lipinski definition) is 1. The molecular weight excluding hydrogens is 250 g/mol. The monoisotopic (exact) mass is 281 g/mol. The molecule has 2 heteroatoms. The fourth-order valence-corrected chi connectivity index (χ4v) is 3.32. The zero-order valence-electron chi connectivity index (χ0n) is 12.8. The molecule has 1 aromatic rings. The first-order chi connectivity index (χ1) is 9.38. The Balaban J connectivity index is 2.06. The highest BCUT2D eigenvalue weighted by Crippen LogP contribution is 2.23. The van der Waals surface area contributed by atoms with Crippen LogP contribution in [0.1, 0.15) is 82.6 Å². The van der Waals surface area contributed by atoms with Crippen LogP contribution >= 0.6 is 11.3 Å². The summed E-state index contributed by atoms with van der Waals surface area (Å²) in [5.74, 6) is 0. The van der Waals surface area contributed by atoms with Crippen LogP contribution in [0.15, 0.2) is 17.5 Å². The molecule has 1 nitrogen and oxygen atoms in total. The van der Waals surface area contributed by atoms with E-state index >= 15 is 0 Å². The molecule has 0 fully saturated rings. The standard InChI is InChI=1S/C17H31NS/c1-3-5-6-7-8-9-10-14-18-16(12-4-2)17-13-11-15-19-17/h11,13,15-16,18H,3-10,12,14H2,1-2H3. The third-order valence-electron chi connectivity index (χ3n) is 3.64. The van der Waals surface area contributed by atoms with Crippen LogP contribution < -0.4 is 5.32 Å². The third-order valence-corrected chi connectivity index (χ3v) is 4.62. The van der Waals surface area contributed by atoms with Gasteiger partial charge in [-0.3, -0.25) is 0 Å². The van der Waals surface area contributed by atoms with Gasteiger partial charge in [-0.1, -0.05) is 64.9 Å². The summed E-state index contributed by atoms with van der Waals surface area (Å²) in [6.07, 6.45) is 12.3. The van der Waals surface area contributed by atoms with E-state index in [2.05, 4.69) is 36.7 Å². The Hall–Kier alpha value is -0.340. The van der Waals surface area contributed by atoms with Crippen LogP contribution in [-0.4, -0.2) is 6.54 Å². The normalized spacial score (nSPS) is 12.7. The van der Waals surface area contributed by atoms with Gasteiger partial charge in [0.25, 0.3) is 0 Å². The Labute approximate surface area is 123 Å². The summed E-state index contributed by atoms with van der Waals surface area (Å²) >= 11 is 1.89. The molecule has 0 aliphatic heterocycles. The SMILES string of the molecule is CCCCCCCCCNC(CCC)c1cccs1. The Kier molecular flexibility index (Phi) is 10.1. The van der Waals surface area contributed by atoms with Crippen LogP contribution in [0.5, 0.6) is 0 Å². The molecule has 0 radical (unpaired) electrons. The van der Waals surface area contributed by atoms with E-state index in [-0.39, 0.29) is 0 Å². The van der Waals surface area contributed by atoms with Gasteiger partial charge in [0.05, 0.1) is 0 Å². The number of hydrogen-bond acceptors (Lipinski definition) is 2. The summed E-state index contributed by atoms with van der Waals surface area (Å²) < 4.78 is 0. The second-order valence-corrected chi connectivity index (χ2v) is 6.41. The number of thiophene rings is 1. The molecule has 1 aromatic heterocycles. The van der Waals surface area contributed by atoms with E-state index in [1.807, 2.05) is 11.3 Å². The molecule has 0 saturated carbocycles. The van der Waals surface area contributed by atoms with Crippen LogP contribution in [0.25, 0.3) is 0 Å². The zero-order chi connectivity index (χ0) is 13.8. The van der Waals surface area contributed by atoms with Gasteiger partial charge in [0.2, 0.25) is 0 Å². The summed E-state index contributed by atoms with van der Waals surface area (Å²) in [7, 11) is 0. The number of rotatable bonds is 12. The van der Waals surface area contributed by atoms with Gasteiger partial charge in [-0.05, 0) is 30.8 Å². The van der Waals surface area contributed by atoms with E-state index < -0.39 is 0 Å². The van der Waals surface area contributed by atoms with Crippen LogP contribution in [0.3, 0.4) is 0 Å². The van der Waals surface area contributed by atoms with E-state index in [1.54, 1.807) is 0 Å². The first kappa shape index (κ1) is 16.7. The van der Waals surface area contributed by atoms with Crippen molar-refractivity contribution in [1.82, 2.24) is 5.32 Å². The molecule has 19 heavy (non-hydrogen) atoms. The van der Waals surface area contributed by atoms with Crippen LogP contribution in [0, 0.1) is 0 Å². The smallest absolute Gasteiger partial charge is 0.0414 e. The zero-order valence-corrected chi connectivity index (χ0v) is 13.6. The summed E-state index contributed by atoms with van der Waals surface area (Å²) in [5.41, 5.74) is 0. The van der Waals surface area contributed by atoms with Crippen LogP contribution in [0.4, 0.5) is 0 Å². The fourth-order valence-electron chi connectivity index (χ4n) is 2.48. The summed E-state index contributed by atoms with van der Waals surface area (Å²) in [4.78, 5) is 1.50. The summed E-state index contributed by atoms with van der Waals surface area (Å²) in [6.45, 7) is 5.73. The van der Waals surface area contributed by atoms with Gasteiger partial charge in [0.1, 0.15) is 0 Å². The van der Waals surface area contributed by atoms with Gasteiger partial charge in [-0.15, -0.1) is 11.3 Å². The number of nitrogens with one attached hydrogen (secondary N) is 1. The quantitative estimate of drug-likeness (QED) is 0.468. The molecule has 0 amide bonds. The highest BCUT2D eigenvalue weighted by molar-refractivity contribution is 7.10. The highest BCUT2D eigenvalue weighted by Gasteiger charge is 2.09. The van der Waals surface area contributed by atoms with Crippen molar-refractivity contribution in [2.45, 2.75) is 77.7 Å². The highest BCUT2D eigenvalue weighted by atomic mass is 32.1. The van der Waals surface area contributed by atoms with Crippen molar-refractivity contribution >= 4 is 11.3 Å². The van der Waals surface area contributed by atoms with Crippen molar-refractivity contribution in [2.24, 2.45) is 0 Å². The molecule has 1 unspecified atom stereocenters. The maximum absolute atomic E-state index is 3.74. The average molecular weight is 282 g/mol. The maximum Gasteiger partial charge on any atom is 0.0414 e.